The Balaban J connectivity index is 2.19. The summed E-state index contributed by atoms with van der Waals surface area (Å²) in [5, 5.41) is 12.8. The summed E-state index contributed by atoms with van der Waals surface area (Å²) in [5.74, 6) is 0.232. The second-order valence-electron chi connectivity index (χ2n) is 4.13. The number of nitriles is 1. The molecule has 0 atom stereocenters. The summed E-state index contributed by atoms with van der Waals surface area (Å²) in [6.45, 7) is 0.242. The van der Waals surface area contributed by atoms with Gasteiger partial charge in [-0.15, -0.1) is 0 Å². The van der Waals surface area contributed by atoms with Gasteiger partial charge in [-0.25, -0.2) is 4.39 Å². The third-order valence-electron chi connectivity index (χ3n) is 2.77. The minimum Gasteiger partial charge on any atom is -0.489 e. The summed E-state index contributed by atoms with van der Waals surface area (Å²) in [6.07, 6.45) is 0. The summed E-state index contributed by atoms with van der Waals surface area (Å²) in [4.78, 5) is 4.66. The van der Waals surface area contributed by atoms with Crippen molar-refractivity contribution in [2.45, 2.75) is 6.61 Å². The highest BCUT2D eigenvalue weighted by Gasteiger charge is 2.10. The molecule has 0 fully saturated rings. The first kappa shape index (κ1) is 14.5. The van der Waals surface area contributed by atoms with E-state index in [9.17, 15) is 4.39 Å². The van der Waals surface area contributed by atoms with Crippen LogP contribution in [0.1, 0.15) is 11.1 Å². The molecule has 0 heterocycles. The lowest BCUT2D eigenvalue weighted by Gasteiger charge is -2.09. The molecule has 2 aromatic rings. The minimum atomic E-state index is -0.318. The highest BCUT2D eigenvalue weighted by Crippen LogP contribution is 2.16. The van der Waals surface area contributed by atoms with Crippen LogP contribution in [0.25, 0.3) is 0 Å². The molecule has 0 aliphatic carbocycles. The lowest BCUT2D eigenvalue weighted by molar-refractivity contribution is 0.214. The van der Waals surface area contributed by atoms with Crippen LogP contribution in [0, 0.1) is 17.1 Å². The molecule has 0 bridgehead atoms. The maximum Gasteiger partial charge on any atom is 0.187 e. The molecular formula is C16H13FN2O2. The zero-order chi connectivity index (χ0) is 15.1. The van der Waals surface area contributed by atoms with Gasteiger partial charge in [0.25, 0.3) is 0 Å². The third-order valence-corrected chi connectivity index (χ3v) is 2.77. The van der Waals surface area contributed by atoms with Crippen LogP contribution in [0.3, 0.4) is 0 Å². The van der Waals surface area contributed by atoms with E-state index in [2.05, 4.69) is 9.99 Å². The molecule has 2 aromatic carbocycles. The van der Waals surface area contributed by atoms with Crippen LogP contribution in [-0.4, -0.2) is 12.8 Å². The Bertz CT molecular complexity index is 675. The maximum absolute atomic E-state index is 12.8. The molecule has 0 aliphatic heterocycles. The highest BCUT2D eigenvalue weighted by atomic mass is 19.1. The van der Waals surface area contributed by atoms with Crippen LogP contribution in [0.4, 0.5) is 4.39 Å². The van der Waals surface area contributed by atoms with E-state index < -0.39 is 0 Å². The average Bonchev–Trinajstić information content (AvgIpc) is 2.52. The fourth-order valence-corrected chi connectivity index (χ4v) is 1.79. The van der Waals surface area contributed by atoms with Crippen molar-refractivity contribution in [2.75, 3.05) is 7.11 Å². The van der Waals surface area contributed by atoms with Gasteiger partial charge < -0.3 is 9.57 Å². The van der Waals surface area contributed by atoms with Crippen molar-refractivity contribution in [1.82, 2.24) is 0 Å². The van der Waals surface area contributed by atoms with Gasteiger partial charge in [-0.2, -0.15) is 5.26 Å². The van der Waals surface area contributed by atoms with Crippen LogP contribution in [0.15, 0.2) is 53.7 Å². The molecule has 4 nitrogen and oxygen atoms in total. The fourth-order valence-electron chi connectivity index (χ4n) is 1.79. The average molecular weight is 284 g/mol. The summed E-state index contributed by atoms with van der Waals surface area (Å²) < 4.78 is 18.4. The van der Waals surface area contributed by atoms with Gasteiger partial charge in [-0.3, -0.25) is 0 Å². The van der Waals surface area contributed by atoms with Gasteiger partial charge in [0.1, 0.15) is 31.4 Å². The zero-order valence-corrected chi connectivity index (χ0v) is 11.4. The second kappa shape index (κ2) is 7.06. The number of halogens is 1. The van der Waals surface area contributed by atoms with Crippen molar-refractivity contribution in [1.29, 1.82) is 5.26 Å². The van der Waals surface area contributed by atoms with E-state index >= 15 is 0 Å². The monoisotopic (exact) mass is 284 g/mol. The molecule has 0 N–H and O–H groups in total. The molecule has 21 heavy (non-hydrogen) atoms. The number of nitrogens with zero attached hydrogens (tertiary/aromatic N) is 2. The van der Waals surface area contributed by atoms with Gasteiger partial charge in [-0.05, 0) is 29.8 Å². The first-order chi connectivity index (χ1) is 10.2. The topological polar surface area (TPSA) is 54.6 Å². The molecule has 0 amide bonds. The number of ether oxygens (including phenoxy) is 1. The molecule has 106 valence electrons. The summed E-state index contributed by atoms with van der Waals surface area (Å²) in [7, 11) is 1.38. The van der Waals surface area contributed by atoms with Crippen molar-refractivity contribution < 1.29 is 14.0 Å². The van der Waals surface area contributed by atoms with Crippen molar-refractivity contribution in [3.8, 4) is 11.8 Å². The van der Waals surface area contributed by atoms with Crippen LogP contribution >= 0.6 is 0 Å². The van der Waals surface area contributed by atoms with Crippen molar-refractivity contribution >= 4 is 5.71 Å². The van der Waals surface area contributed by atoms with Crippen molar-refractivity contribution in [2.24, 2.45) is 5.16 Å². The molecule has 0 radical (unpaired) electrons. The lowest BCUT2D eigenvalue weighted by Crippen LogP contribution is -2.06. The van der Waals surface area contributed by atoms with Crippen LogP contribution in [-0.2, 0) is 11.4 Å². The number of rotatable bonds is 5. The largest absolute Gasteiger partial charge is 0.489 e. The van der Waals surface area contributed by atoms with Crippen LogP contribution < -0.4 is 4.74 Å². The Morgan fingerprint density at radius 3 is 2.57 bits per heavy atom. The van der Waals surface area contributed by atoms with Gasteiger partial charge in [0.2, 0.25) is 0 Å². The molecule has 0 aliphatic rings. The number of oxime groups is 1. The van der Waals surface area contributed by atoms with E-state index in [-0.39, 0.29) is 18.1 Å². The smallest absolute Gasteiger partial charge is 0.187 e. The molecule has 5 heteroatoms. The second-order valence-corrected chi connectivity index (χ2v) is 4.13. The third kappa shape index (κ3) is 3.80. The van der Waals surface area contributed by atoms with Crippen LogP contribution in [0.2, 0.25) is 0 Å². The number of hydrogen-bond acceptors (Lipinski definition) is 4. The van der Waals surface area contributed by atoms with E-state index in [1.54, 1.807) is 24.3 Å². The zero-order valence-electron chi connectivity index (χ0n) is 11.4. The van der Waals surface area contributed by atoms with Gasteiger partial charge in [0, 0.05) is 5.56 Å². The number of benzene rings is 2. The van der Waals surface area contributed by atoms with Gasteiger partial charge >= 0.3 is 0 Å². The molecule has 0 spiro atoms. The van der Waals surface area contributed by atoms with Gasteiger partial charge in [0.05, 0.1) is 0 Å². The summed E-state index contributed by atoms with van der Waals surface area (Å²) in [6, 6.07) is 15.0. The molecule has 0 saturated heterocycles. The van der Waals surface area contributed by atoms with E-state index in [1.165, 1.54) is 19.2 Å². The SMILES string of the molecule is CON=C(C#N)c1ccccc1COc1ccc(F)cc1. The predicted octanol–water partition coefficient (Wildman–Crippen LogP) is 3.28. The molecule has 0 aromatic heterocycles. The standard InChI is InChI=1S/C16H13FN2O2/c1-20-19-16(10-18)15-5-3-2-4-12(15)11-21-14-8-6-13(17)7-9-14/h2-9H,11H2,1H3. The Hall–Kier alpha value is -2.87. The Morgan fingerprint density at radius 1 is 1.19 bits per heavy atom. The first-order valence-electron chi connectivity index (χ1n) is 6.22. The number of hydrogen-bond donors (Lipinski definition) is 0. The first-order valence-corrected chi connectivity index (χ1v) is 6.22. The quantitative estimate of drug-likeness (QED) is 0.625. The highest BCUT2D eigenvalue weighted by molar-refractivity contribution is 6.12. The van der Waals surface area contributed by atoms with E-state index in [0.717, 1.165) is 5.56 Å². The van der Waals surface area contributed by atoms with Crippen molar-refractivity contribution in [3.05, 3.63) is 65.5 Å². The normalized spacial score (nSPS) is 10.8. The summed E-state index contributed by atoms with van der Waals surface area (Å²) >= 11 is 0. The van der Waals surface area contributed by atoms with E-state index in [4.69, 9.17) is 10.00 Å². The Morgan fingerprint density at radius 2 is 1.90 bits per heavy atom. The Kier molecular flexibility index (Phi) is 4.89. The minimum absolute atomic E-state index is 0.177. The van der Waals surface area contributed by atoms with E-state index in [0.29, 0.717) is 11.3 Å². The molecule has 0 saturated carbocycles. The van der Waals surface area contributed by atoms with Crippen molar-refractivity contribution in [3.63, 3.8) is 0 Å². The Labute approximate surface area is 122 Å². The lowest BCUT2D eigenvalue weighted by atomic mass is 10.0. The van der Waals surface area contributed by atoms with E-state index in [1.807, 2.05) is 18.2 Å². The fraction of sp³-hybridized carbons (Fsp3) is 0.125. The molecule has 0 unspecified atom stereocenters. The molecular weight excluding hydrogens is 271 g/mol. The van der Waals surface area contributed by atoms with Crippen LogP contribution in [0.5, 0.6) is 5.75 Å². The van der Waals surface area contributed by atoms with Gasteiger partial charge in [0.15, 0.2) is 5.71 Å². The molecule has 2 rings (SSSR count). The predicted molar refractivity (Wildman–Crippen MR) is 76.3 cm³/mol. The maximum atomic E-state index is 12.8. The van der Waals surface area contributed by atoms with Gasteiger partial charge in [-0.1, -0.05) is 29.4 Å². The summed E-state index contributed by atoms with van der Waals surface area (Å²) in [5.41, 5.74) is 1.61.